The van der Waals surface area contributed by atoms with Crippen LogP contribution in [-0.4, -0.2) is 50.5 Å². The fraction of sp³-hybridized carbons (Fsp3) is 0.830. The Balaban J connectivity index is -0.000000879. The lowest BCUT2D eigenvalue weighted by molar-refractivity contribution is -0.222. The van der Waals surface area contributed by atoms with E-state index in [2.05, 4.69) is 27.7 Å². The number of carbonyl (C=O) groups excluding carboxylic acids is 3. The number of benzene rings is 1. The van der Waals surface area contributed by atoms with Gasteiger partial charge in [-0.1, -0.05) is 98.2 Å². The predicted octanol–water partition coefficient (Wildman–Crippen LogP) is 15.0. The Morgan fingerprint density at radius 1 is 0.689 bits per heavy atom. The van der Waals surface area contributed by atoms with Gasteiger partial charge >= 0.3 is 17.9 Å². The first kappa shape index (κ1) is 62.7. The summed E-state index contributed by atoms with van der Waals surface area (Å²) in [6, 6.07) is 7.43. The number of aromatic hydroxyl groups is 1. The van der Waals surface area contributed by atoms with E-state index in [9.17, 15) is 19.5 Å². The lowest BCUT2D eigenvalue weighted by atomic mass is 9.52. The molecule has 6 saturated carbocycles. The number of aliphatic hydroxyl groups is 1. The van der Waals surface area contributed by atoms with Crippen molar-refractivity contribution >= 4 is 17.9 Å². The molecule has 6 aliphatic carbocycles. The molecule has 8 nitrogen and oxygen atoms in total. The van der Waals surface area contributed by atoms with Crippen LogP contribution in [0.2, 0.25) is 0 Å². The second-order valence-electron chi connectivity index (χ2n) is 20.0. The number of hydrogen-bond acceptors (Lipinski definition) is 8. The Hall–Kier alpha value is -2.61. The van der Waals surface area contributed by atoms with E-state index in [1.54, 1.807) is 12.1 Å². The van der Waals surface area contributed by atoms with Crippen LogP contribution in [0.3, 0.4) is 0 Å². The van der Waals surface area contributed by atoms with E-state index in [4.69, 9.17) is 19.3 Å². The Bertz CT molecular complexity index is 1420. The van der Waals surface area contributed by atoms with Gasteiger partial charge in [-0.15, -0.1) is 0 Å². The molecule has 8 heteroatoms. The third-order valence-corrected chi connectivity index (χ3v) is 14.3. The Morgan fingerprint density at radius 3 is 1.54 bits per heavy atom. The molecule has 4 bridgehead atoms. The Kier molecular flexibility index (Phi) is 25.7. The van der Waals surface area contributed by atoms with Crippen LogP contribution < -0.4 is 0 Å². The van der Waals surface area contributed by atoms with Crippen LogP contribution in [0.1, 0.15) is 241 Å². The van der Waals surface area contributed by atoms with Crippen molar-refractivity contribution < 1.29 is 38.8 Å². The van der Waals surface area contributed by atoms with Crippen LogP contribution in [0.4, 0.5) is 0 Å². The summed E-state index contributed by atoms with van der Waals surface area (Å²) in [5, 5.41) is 19.9. The number of carbonyl (C=O) groups is 3. The minimum atomic E-state index is -0.709. The number of ether oxygens (including phenoxy) is 3. The summed E-state index contributed by atoms with van der Waals surface area (Å²) in [5.74, 6) is 1.82. The van der Waals surface area contributed by atoms with Crippen molar-refractivity contribution in [3.05, 3.63) is 29.8 Å². The van der Waals surface area contributed by atoms with E-state index < -0.39 is 22.2 Å². The highest BCUT2D eigenvalue weighted by Gasteiger charge is 2.59. The second kappa shape index (κ2) is 25.0. The maximum atomic E-state index is 13.0. The standard InChI is InChI=1S/C23H36O5.C14H26O2.C10H14O.6CH4/c1-4-20(2,3)19(25)28-22(7-5-6-8-22)14-18(24)27-23-12-16-9-17(13-23)11-21(26,10-16)15-23;1-6-13(4,5)12(15)16-14(11(2)3)9-7-8-10-14;1-3-8(2)9-4-6-10(11)7-5-9;;;;;;/h16-17,26H,4-15H2,1-3H3;11H,6-10H2,1-5H3;4-8,11H,3H2,1-2H3;6*1H4. The van der Waals surface area contributed by atoms with Gasteiger partial charge in [0.05, 0.1) is 22.9 Å². The molecule has 0 amide bonds. The van der Waals surface area contributed by atoms with Crippen molar-refractivity contribution in [2.75, 3.05) is 0 Å². The summed E-state index contributed by atoms with van der Waals surface area (Å²) in [4.78, 5) is 37.8. The molecule has 6 fully saturated rings. The number of phenolic OH excluding ortho intramolecular Hbond substituents is 1. The fourth-order valence-corrected chi connectivity index (χ4v) is 9.88. The highest BCUT2D eigenvalue weighted by atomic mass is 16.6. The van der Waals surface area contributed by atoms with Gasteiger partial charge in [-0.2, -0.15) is 0 Å². The summed E-state index contributed by atoms with van der Waals surface area (Å²) in [6.45, 7) is 20.4. The van der Waals surface area contributed by atoms with E-state index in [0.29, 0.717) is 42.3 Å². The maximum absolute atomic E-state index is 13.0. The van der Waals surface area contributed by atoms with E-state index in [0.717, 1.165) is 83.5 Å². The minimum Gasteiger partial charge on any atom is -0.508 e. The molecule has 3 unspecified atom stereocenters. The number of hydrogen-bond donors (Lipinski definition) is 2. The summed E-state index contributed by atoms with van der Waals surface area (Å²) in [7, 11) is 0. The zero-order valence-electron chi connectivity index (χ0n) is 36.2. The first-order valence-corrected chi connectivity index (χ1v) is 21.8. The first-order valence-electron chi connectivity index (χ1n) is 21.8. The maximum Gasteiger partial charge on any atom is 0.312 e. The third kappa shape index (κ3) is 15.9. The van der Waals surface area contributed by atoms with Crippen molar-refractivity contribution in [1.29, 1.82) is 0 Å². The molecule has 2 N–H and O–H groups in total. The Morgan fingerprint density at radius 2 is 1.13 bits per heavy atom. The van der Waals surface area contributed by atoms with E-state index in [-0.39, 0.29) is 79.9 Å². The van der Waals surface area contributed by atoms with E-state index >= 15 is 0 Å². The van der Waals surface area contributed by atoms with Gasteiger partial charge < -0.3 is 24.4 Å². The average Bonchev–Trinajstić information content (AvgIpc) is 3.78. The van der Waals surface area contributed by atoms with Crippen LogP contribution in [0.25, 0.3) is 0 Å². The van der Waals surface area contributed by atoms with Crippen molar-refractivity contribution in [1.82, 2.24) is 0 Å². The minimum absolute atomic E-state index is 0. The molecule has 0 spiro atoms. The summed E-state index contributed by atoms with van der Waals surface area (Å²) >= 11 is 0. The van der Waals surface area contributed by atoms with E-state index in [1.807, 2.05) is 53.7 Å². The van der Waals surface area contributed by atoms with Gasteiger partial charge in [-0.05, 0) is 172 Å². The number of esters is 3. The molecular weight excluding hydrogens is 765 g/mol. The average molecular weight is 865 g/mol. The van der Waals surface area contributed by atoms with Crippen molar-refractivity contribution in [2.45, 2.75) is 258 Å². The number of rotatable bonds is 12. The highest BCUT2D eigenvalue weighted by molar-refractivity contribution is 5.78. The fourth-order valence-electron chi connectivity index (χ4n) is 9.88. The topological polar surface area (TPSA) is 119 Å². The Labute approximate surface area is 377 Å². The molecule has 0 heterocycles. The molecule has 0 aromatic heterocycles. The second-order valence-corrected chi connectivity index (χ2v) is 20.0. The van der Waals surface area contributed by atoms with Gasteiger partial charge in [0.25, 0.3) is 0 Å². The van der Waals surface area contributed by atoms with Crippen molar-refractivity contribution in [3.8, 4) is 5.75 Å². The predicted molar refractivity (Wildman–Crippen MR) is 258 cm³/mol. The molecule has 1 aromatic rings. The summed E-state index contributed by atoms with van der Waals surface area (Å²) in [5.41, 5.74) is -1.61. The van der Waals surface area contributed by atoms with Gasteiger partial charge in [0.15, 0.2) is 0 Å². The van der Waals surface area contributed by atoms with Crippen LogP contribution in [0, 0.1) is 28.6 Å². The number of phenols is 1. The molecule has 6 aliphatic rings. The van der Waals surface area contributed by atoms with Crippen LogP contribution >= 0.6 is 0 Å². The first-order chi connectivity index (χ1) is 25.6. The largest absolute Gasteiger partial charge is 0.508 e. The third-order valence-electron chi connectivity index (χ3n) is 14.3. The van der Waals surface area contributed by atoms with Crippen molar-refractivity contribution in [2.24, 2.45) is 28.6 Å². The van der Waals surface area contributed by atoms with Gasteiger partial charge in [0.1, 0.15) is 22.6 Å². The monoisotopic (exact) mass is 865 g/mol. The quantitative estimate of drug-likeness (QED) is 0.157. The molecular formula is C53H100O8. The summed E-state index contributed by atoms with van der Waals surface area (Å²) < 4.78 is 18.0. The SMILES string of the molecule is C.C.C.C.C.C.CCC(C)(C)C(=O)OC1(C(C)C)CCCC1.CCC(C)(C)C(=O)OC1(CC(=O)OC23CC4CC(CC(O)(C4)C2)C3)CCCC1.CCC(C)c1ccc(O)cc1. The van der Waals surface area contributed by atoms with Gasteiger partial charge in [0.2, 0.25) is 0 Å². The molecule has 3 atom stereocenters. The van der Waals surface area contributed by atoms with Gasteiger partial charge in [0, 0.05) is 6.42 Å². The lowest BCUT2D eigenvalue weighted by Crippen LogP contribution is -2.60. The molecule has 360 valence electrons. The lowest BCUT2D eigenvalue weighted by Gasteiger charge is -2.59. The van der Waals surface area contributed by atoms with Crippen LogP contribution in [0.5, 0.6) is 5.75 Å². The summed E-state index contributed by atoms with van der Waals surface area (Å²) in [6.07, 6.45) is 15.9. The molecule has 0 saturated heterocycles. The molecule has 7 rings (SSSR count). The normalized spacial score (nSPS) is 25.2. The van der Waals surface area contributed by atoms with Gasteiger partial charge in [-0.25, -0.2) is 0 Å². The molecule has 0 radical (unpaired) electrons. The highest BCUT2D eigenvalue weighted by Crippen LogP contribution is 2.59. The van der Waals surface area contributed by atoms with E-state index in [1.165, 1.54) is 18.4 Å². The smallest absolute Gasteiger partial charge is 0.312 e. The van der Waals surface area contributed by atoms with Crippen LogP contribution in [0.15, 0.2) is 24.3 Å². The van der Waals surface area contributed by atoms with Crippen LogP contribution in [-0.2, 0) is 28.6 Å². The van der Waals surface area contributed by atoms with Gasteiger partial charge in [-0.3, -0.25) is 14.4 Å². The zero-order chi connectivity index (χ0) is 40.9. The van der Waals surface area contributed by atoms with Crippen molar-refractivity contribution in [3.63, 3.8) is 0 Å². The zero-order valence-corrected chi connectivity index (χ0v) is 36.2. The molecule has 1 aromatic carbocycles. The molecule has 0 aliphatic heterocycles. The molecule has 61 heavy (non-hydrogen) atoms.